The van der Waals surface area contributed by atoms with Crippen molar-refractivity contribution in [1.82, 2.24) is 0 Å². The van der Waals surface area contributed by atoms with E-state index in [9.17, 15) is 4.39 Å². The second kappa shape index (κ2) is 6.39. The summed E-state index contributed by atoms with van der Waals surface area (Å²) in [5.74, 6) is 3.16. The lowest BCUT2D eigenvalue weighted by Gasteiger charge is -2.37. The third kappa shape index (κ3) is 3.48. The standard InChI is InChI=1S/C17H31F/c1-12-4-7-15(8-5-12)9-11-16-10-6-13(2)17(18)14(16)3/h12-17H,4-11H2,1-3H3. The average molecular weight is 254 g/mol. The summed E-state index contributed by atoms with van der Waals surface area (Å²) in [6.07, 6.45) is 10.2. The van der Waals surface area contributed by atoms with Crippen molar-refractivity contribution in [2.75, 3.05) is 0 Å². The Labute approximate surface area is 113 Å². The van der Waals surface area contributed by atoms with E-state index in [0.29, 0.717) is 17.8 Å². The van der Waals surface area contributed by atoms with E-state index in [0.717, 1.165) is 18.3 Å². The van der Waals surface area contributed by atoms with Crippen molar-refractivity contribution in [2.45, 2.75) is 78.3 Å². The van der Waals surface area contributed by atoms with E-state index >= 15 is 0 Å². The zero-order valence-corrected chi connectivity index (χ0v) is 12.5. The smallest absolute Gasteiger partial charge is 0.105 e. The summed E-state index contributed by atoms with van der Waals surface area (Å²) >= 11 is 0. The van der Waals surface area contributed by atoms with Crippen LogP contribution in [-0.2, 0) is 0 Å². The Hall–Kier alpha value is -0.0700. The van der Waals surface area contributed by atoms with Gasteiger partial charge in [-0.15, -0.1) is 0 Å². The summed E-state index contributed by atoms with van der Waals surface area (Å²) in [5, 5.41) is 0. The molecule has 4 atom stereocenters. The highest BCUT2D eigenvalue weighted by Crippen LogP contribution is 2.40. The van der Waals surface area contributed by atoms with Crippen LogP contribution in [-0.4, -0.2) is 6.17 Å². The topological polar surface area (TPSA) is 0 Å². The molecular weight excluding hydrogens is 223 g/mol. The maximum absolute atomic E-state index is 14.0. The molecule has 106 valence electrons. The molecule has 2 rings (SSSR count). The van der Waals surface area contributed by atoms with Crippen molar-refractivity contribution < 1.29 is 4.39 Å². The van der Waals surface area contributed by atoms with Crippen molar-refractivity contribution in [1.29, 1.82) is 0 Å². The summed E-state index contributed by atoms with van der Waals surface area (Å²) in [7, 11) is 0. The van der Waals surface area contributed by atoms with Gasteiger partial charge in [0, 0.05) is 0 Å². The first-order valence-electron chi connectivity index (χ1n) is 8.22. The van der Waals surface area contributed by atoms with Gasteiger partial charge in [0.25, 0.3) is 0 Å². The van der Waals surface area contributed by atoms with Crippen LogP contribution in [0.2, 0.25) is 0 Å². The molecule has 2 fully saturated rings. The fourth-order valence-corrected chi connectivity index (χ4v) is 4.15. The van der Waals surface area contributed by atoms with Crippen molar-refractivity contribution in [3.05, 3.63) is 0 Å². The van der Waals surface area contributed by atoms with Crippen LogP contribution in [0, 0.1) is 29.6 Å². The molecule has 0 aromatic carbocycles. The summed E-state index contributed by atoms with van der Waals surface area (Å²) < 4.78 is 14.0. The number of hydrogen-bond donors (Lipinski definition) is 0. The van der Waals surface area contributed by atoms with Crippen molar-refractivity contribution in [3.63, 3.8) is 0 Å². The maximum atomic E-state index is 14.0. The summed E-state index contributed by atoms with van der Waals surface area (Å²) in [6.45, 7) is 6.61. The first-order valence-corrected chi connectivity index (χ1v) is 8.22. The second-order valence-electron chi connectivity index (χ2n) is 7.32. The minimum atomic E-state index is -0.546. The predicted octanol–water partition coefficient (Wildman–Crippen LogP) is 5.61. The van der Waals surface area contributed by atoms with Gasteiger partial charge in [0.1, 0.15) is 6.17 Å². The zero-order valence-electron chi connectivity index (χ0n) is 12.5. The molecule has 0 N–H and O–H groups in total. The molecule has 2 aliphatic carbocycles. The van der Waals surface area contributed by atoms with Crippen LogP contribution in [0.4, 0.5) is 4.39 Å². The molecule has 0 aliphatic heterocycles. The minimum Gasteiger partial charge on any atom is -0.247 e. The molecule has 0 saturated heterocycles. The Morgan fingerprint density at radius 2 is 1.50 bits per heavy atom. The van der Waals surface area contributed by atoms with Gasteiger partial charge in [0.05, 0.1) is 0 Å². The fraction of sp³-hybridized carbons (Fsp3) is 1.00. The predicted molar refractivity (Wildman–Crippen MR) is 76.3 cm³/mol. The van der Waals surface area contributed by atoms with Crippen molar-refractivity contribution >= 4 is 0 Å². The van der Waals surface area contributed by atoms with E-state index < -0.39 is 6.17 Å². The molecule has 0 aromatic heterocycles. The van der Waals surface area contributed by atoms with Gasteiger partial charge >= 0.3 is 0 Å². The largest absolute Gasteiger partial charge is 0.247 e. The van der Waals surface area contributed by atoms with Crippen LogP contribution in [0.15, 0.2) is 0 Å². The molecular formula is C17H31F. The first-order chi connectivity index (χ1) is 8.58. The molecule has 0 bridgehead atoms. The monoisotopic (exact) mass is 254 g/mol. The van der Waals surface area contributed by atoms with Gasteiger partial charge in [0.15, 0.2) is 0 Å². The molecule has 4 unspecified atom stereocenters. The Morgan fingerprint density at radius 1 is 0.833 bits per heavy atom. The quantitative estimate of drug-likeness (QED) is 0.614. The number of halogens is 1. The van der Waals surface area contributed by atoms with Gasteiger partial charge in [-0.25, -0.2) is 4.39 Å². The molecule has 0 aromatic rings. The summed E-state index contributed by atoms with van der Waals surface area (Å²) in [6, 6.07) is 0. The Balaban J connectivity index is 1.73. The lowest BCUT2D eigenvalue weighted by Crippen LogP contribution is -2.33. The molecule has 0 spiro atoms. The van der Waals surface area contributed by atoms with Gasteiger partial charge in [-0.1, -0.05) is 52.9 Å². The fourth-order valence-electron chi connectivity index (χ4n) is 4.15. The van der Waals surface area contributed by atoms with Crippen LogP contribution in [0.3, 0.4) is 0 Å². The molecule has 0 heterocycles. The molecule has 0 nitrogen and oxygen atoms in total. The number of alkyl halides is 1. The highest BCUT2D eigenvalue weighted by molar-refractivity contribution is 4.84. The highest BCUT2D eigenvalue weighted by atomic mass is 19.1. The molecule has 18 heavy (non-hydrogen) atoms. The van der Waals surface area contributed by atoms with Crippen LogP contribution < -0.4 is 0 Å². The Morgan fingerprint density at radius 3 is 2.17 bits per heavy atom. The van der Waals surface area contributed by atoms with E-state index in [4.69, 9.17) is 0 Å². The average Bonchev–Trinajstić information content (AvgIpc) is 2.37. The van der Waals surface area contributed by atoms with E-state index in [1.54, 1.807) is 0 Å². The molecule has 2 aliphatic rings. The van der Waals surface area contributed by atoms with Crippen LogP contribution in [0.5, 0.6) is 0 Å². The normalized spacial score (nSPS) is 46.0. The zero-order chi connectivity index (χ0) is 13.1. The maximum Gasteiger partial charge on any atom is 0.105 e. The van der Waals surface area contributed by atoms with Crippen LogP contribution in [0.1, 0.15) is 72.1 Å². The Kier molecular flexibility index (Phi) is 5.09. The van der Waals surface area contributed by atoms with Gasteiger partial charge in [-0.2, -0.15) is 0 Å². The minimum absolute atomic E-state index is 0.298. The van der Waals surface area contributed by atoms with Gasteiger partial charge in [0.2, 0.25) is 0 Å². The van der Waals surface area contributed by atoms with E-state index in [1.165, 1.54) is 44.9 Å². The molecule has 0 radical (unpaired) electrons. The van der Waals surface area contributed by atoms with Crippen molar-refractivity contribution in [2.24, 2.45) is 29.6 Å². The van der Waals surface area contributed by atoms with Gasteiger partial charge in [-0.3, -0.25) is 0 Å². The highest BCUT2D eigenvalue weighted by Gasteiger charge is 2.34. The SMILES string of the molecule is CC1CCC(CCC2CCC(C)C(F)C2C)CC1. The van der Waals surface area contributed by atoms with E-state index in [2.05, 4.69) is 20.8 Å². The Bertz CT molecular complexity index is 242. The summed E-state index contributed by atoms with van der Waals surface area (Å²) in [5.41, 5.74) is 0. The summed E-state index contributed by atoms with van der Waals surface area (Å²) in [4.78, 5) is 0. The lowest BCUT2D eigenvalue weighted by molar-refractivity contribution is 0.0622. The molecule has 0 amide bonds. The second-order valence-corrected chi connectivity index (χ2v) is 7.32. The molecule has 1 heteroatoms. The van der Waals surface area contributed by atoms with E-state index in [-0.39, 0.29) is 0 Å². The third-order valence-electron chi connectivity index (χ3n) is 5.86. The van der Waals surface area contributed by atoms with Crippen molar-refractivity contribution in [3.8, 4) is 0 Å². The third-order valence-corrected chi connectivity index (χ3v) is 5.86. The van der Waals surface area contributed by atoms with Crippen LogP contribution >= 0.6 is 0 Å². The van der Waals surface area contributed by atoms with E-state index in [1.807, 2.05) is 0 Å². The number of hydrogen-bond acceptors (Lipinski definition) is 0. The lowest BCUT2D eigenvalue weighted by atomic mass is 9.71. The molecule has 2 saturated carbocycles. The number of rotatable bonds is 3. The van der Waals surface area contributed by atoms with Gasteiger partial charge in [-0.05, 0) is 48.9 Å². The van der Waals surface area contributed by atoms with Gasteiger partial charge < -0.3 is 0 Å². The first kappa shape index (κ1) is 14.3. The van der Waals surface area contributed by atoms with Crippen LogP contribution in [0.25, 0.3) is 0 Å².